The van der Waals surface area contributed by atoms with Crippen LogP contribution in [0.3, 0.4) is 0 Å². The van der Waals surface area contributed by atoms with Gasteiger partial charge in [0.2, 0.25) is 5.91 Å². The molecule has 0 spiro atoms. The number of fused-ring (bicyclic) bond motifs is 2. The molecule has 1 aliphatic heterocycles. The van der Waals surface area contributed by atoms with Gasteiger partial charge in [-0.1, -0.05) is 20.8 Å². The number of furan rings is 1. The quantitative estimate of drug-likeness (QED) is 0.600. The van der Waals surface area contributed by atoms with Gasteiger partial charge in [0.15, 0.2) is 0 Å². The highest BCUT2D eigenvalue weighted by molar-refractivity contribution is 6.00. The van der Waals surface area contributed by atoms with Gasteiger partial charge in [-0.2, -0.15) is 0 Å². The lowest BCUT2D eigenvalue weighted by atomic mass is 9.86. The molecule has 1 N–H and O–H groups in total. The molecule has 1 aliphatic rings. The van der Waals surface area contributed by atoms with Crippen LogP contribution in [0.4, 0.5) is 0 Å². The summed E-state index contributed by atoms with van der Waals surface area (Å²) in [4.78, 5) is 25.0. The van der Waals surface area contributed by atoms with Crippen molar-refractivity contribution in [2.45, 2.75) is 71.8 Å². The standard InChI is InChI=1S/C25H31NO5/c1-14-17(8-9-21(27)26-12-16-7-6-10-29-16)24(28)31-23-15(2)22-19(11-18(14)23)20(13-30-22)25(3,4)5/h11,13,16H,6-10,12H2,1-5H3,(H,26,27)/t16-/m1/s1. The maximum Gasteiger partial charge on any atom is 0.339 e. The summed E-state index contributed by atoms with van der Waals surface area (Å²) in [5, 5.41) is 4.85. The highest BCUT2D eigenvalue weighted by Crippen LogP contribution is 2.37. The van der Waals surface area contributed by atoms with E-state index in [0.717, 1.165) is 52.5 Å². The van der Waals surface area contributed by atoms with Crippen molar-refractivity contribution in [3.63, 3.8) is 0 Å². The van der Waals surface area contributed by atoms with Gasteiger partial charge in [-0.15, -0.1) is 0 Å². The molecular weight excluding hydrogens is 394 g/mol. The predicted molar refractivity (Wildman–Crippen MR) is 121 cm³/mol. The Hall–Kier alpha value is -2.60. The molecule has 1 atom stereocenters. The molecule has 0 saturated carbocycles. The number of carbonyl (C=O) groups excluding carboxylic acids is 1. The van der Waals surface area contributed by atoms with Crippen molar-refractivity contribution in [1.82, 2.24) is 5.32 Å². The van der Waals surface area contributed by atoms with E-state index in [1.165, 1.54) is 0 Å². The number of carbonyl (C=O) groups is 1. The van der Waals surface area contributed by atoms with Gasteiger partial charge in [0.1, 0.15) is 11.2 Å². The lowest BCUT2D eigenvalue weighted by Gasteiger charge is -2.17. The van der Waals surface area contributed by atoms with E-state index in [1.54, 1.807) is 6.26 Å². The Balaban J connectivity index is 1.64. The summed E-state index contributed by atoms with van der Waals surface area (Å²) in [5.74, 6) is -0.0779. The van der Waals surface area contributed by atoms with Crippen molar-refractivity contribution in [2.75, 3.05) is 13.2 Å². The summed E-state index contributed by atoms with van der Waals surface area (Å²) < 4.78 is 17.1. The SMILES string of the molecule is Cc1c(CCC(=O)NC[C@H]2CCCO2)c(=O)oc2c(C)c3occ(C(C)(C)C)c3cc12. The lowest BCUT2D eigenvalue weighted by molar-refractivity contribution is -0.121. The molecule has 6 heteroatoms. The van der Waals surface area contributed by atoms with Gasteiger partial charge in [0, 0.05) is 47.0 Å². The first-order chi connectivity index (χ1) is 14.7. The van der Waals surface area contributed by atoms with E-state index in [9.17, 15) is 9.59 Å². The molecule has 6 nitrogen and oxygen atoms in total. The van der Waals surface area contributed by atoms with Crippen molar-refractivity contribution < 1.29 is 18.4 Å². The van der Waals surface area contributed by atoms with E-state index >= 15 is 0 Å². The summed E-state index contributed by atoms with van der Waals surface area (Å²) >= 11 is 0. The van der Waals surface area contributed by atoms with Crippen molar-refractivity contribution in [3.05, 3.63) is 45.0 Å². The fourth-order valence-corrected chi connectivity index (χ4v) is 4.43. The van der Waals surface area contributed by atoms with Crippen LogP contribution in [0.25, 0.3) is 21.9 Å². The summed E-state index contributed by atoms with van der Waals surface area (Å²) in [6.07, 6.45) is 4.50. The number of ether oxygens (including phenoxy) is 1. The first-order valence-corrected chi connectivity index (χ1v) is 11.0. The summed E-state index contributed by atoms with van der Waals surface area (Å²) in [7, 11) is 0. The molecular formula is C25H31NO5. The molecule has 3 aromatic rings. The van der Waals surface area contributed by atoms with Gasteiger partial charge in [-0.05, 0) is 50.2 Å². The fourth-order valence-electron chi connectivity index (χ4n) is 4.43. The van der Waals surface area contributed by atoms with E-state index in [2.05, 4.69) is 32.2 Å². The maximum atomic E-state index is 12.7. The Kier molecular flexibility index (Phi) is 5.69. The average Bonchev–Trinajstić information content (AvgIpc) is 3.36. The minimum Gasteiger partial charge on any atom is -0.464 e. The van der Waals surface area contributed by atoms with Crippen LogP contribution in [0.15, 0.2) is 26.0 Å². The third-order valence-electron chi connectivity index (χ3n) is 6.30. The van der Waals surface area contributed by atoms with Gasteiger partial charge < -0.3 is 18.9 Å². The number of hydrogen-bond acceptors (Lipinski definition) is 5. The zero-order valence-corrected chi connectivity index (χ0v) is 19.0. The van der Waals surface area contributed by atoms with Gasteiger partial charge >= 0.3 is 5.63 Å². The molecule has 1 fully saturated rings. The van der Waals surface area contributed by atoms with Crippen LogP contribution < -0.4 is 10.9 Å². The Labute approximate surface area is 181 Å². The van der Waals surface area contributed by atoms with E-state index in [4.69, 9.17) is 13.6 Å². The Morgan fingerprint density at radius 2 is 1.94 bits per heavy atom. The van der Waals surface area contributed by atoms with Crippen LogP contribution in [0.2, 0.25) is 0 Å². The lowest BCUT2D eigenvalue weighted by Crippen LogP contribution is -2.32. The molecule has 0 unspecified atom stereocenters. The molecule has 0 aliphatic carbocycles. The molecule has 3 heterocycles. The van der Waals surface area contributed by atoms with Crippen LogP contribution in [0.5, 0.6) is 0 Å². The highest BCUT2D eigenvalue weighted by atomic mass is 16.5. The number of benzene rings is 1. The van der Waals surface area contributed by atoms with Crippen LogP contribution >= 0.6 is 0 Å². The first-order valence-electron chi connectivity index (χ1n) is 11.0. The van der Waals surface area contributed by atoms with E-state index in [0.29, 0.717) is 24.1 Å². The van der Waals surface area contributed by atoms with Gasteiger partial charge in [-0.25, -0.2) is 4.79 Å². The summed E-state index contributed by atoms with van der Waals surface area (Å²) in [6.45, 7) is 11.6. The second-order valence-electron chi connectivity index (χ2n) is 9.59. The number of amides is 1. The molecule has 0 bridgehead atoms. The normalized spacial score (nSPS) is 17.0. The van der Waals surface area contributed by atoms with Crippen LogP contribution in [-0.4, -0.2) is 25.2 Å². The van der Waals surface area contributed by atoms with Crippen LogP contribution in [-0.2, 0) is 21.4 Å². The molecule has 4 rings (SSSR count). The van der Waals surface area contributed by atoms with Crippen molar-refractivity contribution >= 4 is 27.8 Å². The molecule has 1 saturated heterocycles. The third-order valence-corrected chi connectivity index (χ3v) is 6.30. The van der Waals surface area contributed by atoms with Crippen LogP contribution in [0.1, 0.15) is 62.3 Å². The maximum absolute atomic E-state index is 12.7. The zero-order valence-electron chi connectivity index (χ0n) is 19.0. The van der Waals surface area contributed by atoms with E-state index in [-0.39, 0.29) is 29.5 Å². The Morgan fingerprint density at radius 3 is 2.61 bits per heavy atom. The van der Waals surface area contributed by atoms with Crippen molar-refractivity contribution in [2.24, 2.45) is 0 Å². The highest BCUT2D eigenvalue weighted by Gasteiger charge is 2.24. The second kappa shape index (κ2) is 8.15. The zero-order chi connectivity index (χ0) is 22.3. The molecule has 2 aromatic heterocycles. The number of hydrogen-bond donors (Lipinski definition) is 1. The third kappa shape index (κ3) is 4.13. The molecule has 1 amide bonds. The largest absolute Gasteiger partial charge is 0.464 e. The van der Waals surface area contributed by atoms with Crippen molar-refractivity contribution in [1.29, 1.82) is 0 Å². The molecule has 1 aromatic carbocycles. The number of nitrogens with one attached hydrogen (secondary N) is 1. The smallest absolute Gasteiger partial charge is 0.339 e. The number of rotatable bonds is 5. The van der Waals surface area contributed by atoms with Gasteiger partial charge in [0.25, 0.3) is 0 Å². The number of aryl methyl sites for hydroxylation is 2. The van der Waals surface area contributed by atoms with Crippen LogP contribution in [0, 0.1) is 13.8 Å². The first kappa shape index (κ1) is 21.6. The Morgan fingerprint density at radius 1 is 1.16 bits per heavy atom. The summed E-state index contributed by atoms with van der Waals surface area (Å²) in [5.41, 5.74) is 4.21. The molecule has 0 radical (unpaired) electrons. The van der Waals surface area contributed by atoms with E-state index in [1.807, 2.05) is 13.8 Å². The monoisotopic (exact) mass is 425 g/mol. The minimum absolute atomic E-state index is 0.0706. The predicted octanol–water partition coefficient (Wildman–Crippen LogP) is 4.68. The van der Waals surface area contributed by atoms with Gasteiger partial charge in [0.05, 0.1) is 12.4 Å². The topological polar surface area (TPSA) is 81.7 Å². The van der Waals surface area contributed by atoms with Gasteiger partial charge in [-0.3, -0.25) is 4.79 Å². The fraction of sp³-hybridized carbons (Fsp3) is 0.520. The Bertz CT molecular complexity index is 1190. The molecule has 166 valence electrons. The second-order valence-corrected chi connectivity index (χ2v) is 9.59. The van der Waals surface area contributed by atoms with E-state index < -0.39 is 0 Å². The van der Waals surface area contributed by atoms with Crippen molar-refractivity contribution in [3.8, 4) is 0 Å². The minimum atomic E-state index is -0.387. The average molecular weight is 426 g/mol. The summed E-state index contributed by atoms with van der Waals surface area (Å²) in [6, 6.07) is 2.06. The molecule has 31 heavy (non-hydrogen) atoms.